The molecule has 0 spiro atoms. The molecule has 0 aliphatic carbocycles. The van der Waals surface area contributed by atoms with Crippen molar-refractivity contribution in [2.75, 3.05) is 49.1 Å². The molecule has 2 aliphatic heterocycles. The number of Topliss-reactive ketones (excluding diaryl/α,β-unsaturated/α-hetero) is 1. The van der Waals surface area contributed by atoms with Crippen LogP contribution in [-0.4, -0.2) is 50.0 Å². The number of pyridine rings is 1. The third-order valence-corrected chi connectivity index (χ3v) is 3.94. The second-order valence-electron chi connectivity index (χ2n) is 5.15. The number of rotatable bonds is 2. The number of hydrogen-bond donors (Lipinski definition) is 1. The quantitative estimate of drug-likeness (QED) is 0.876. The smallest absolute Gasteiger partial charge is 0.168 e. The van der Waals surface area contributed by atoms with Crippen molar-refractivity contribution in [1.82, 2.24) is 10.3 Å². The van der Waals surface area contributed by atoms with Crippen LogP contribution in [0.4, 0.5) is 16.0 Å². The molecule has 0 aromatic carbocycles. The van der Waals surface area contributed by atoms with Gasteiger partial charge in [0.25, 0.3) is 0 Å². The van der Waals surface area contributed by atoms with Gasteiger partial charge in [-0.05, 0) is 13.0 Å². The predicted molar refractivity (Wildman–Crippen MR) is 76.1 cm³/mol. The van der Waals surface area contributed by atoms with Gasteiger partial charge in [0.05, 0.1) is 5.56 Å². The standard InChI is InChI=1S/C14H19FN4O/c1-2-18-6-3-12(20)10-9-11(15)14(17-13(10)18)19-7-4-16-5-8-19/h9,16H,2-8H2,1H3. The normalized spacial score (nSPS) is 19.2. The minimum absolute atomic E-state index is 0.0111. The van der Waals surface area contributed by atoms with Gasteiger partial charge >= 0.3 is 0 Å². The number of carbonyl (C=O) groups is 1. The van der Waals surface area contributed by atoms with E-state index in [0.29, 0.717) is 30.2 Å². The molecule has 3 heterocycles. The average molecular weight is 278 g/mol. The molecular weight excluding hydrogens is 259 g/mol. The Morgan fingerprint density at radius 3 is 2.75 bits per heavy atom. The van der Waals surface area contributed by atoms with E-state index in [9.17, 15) is 9.18 Å². The van der Waals surface area contributed by atoms with Crippen molar-refractivity contribution in [2.45, 2.75) is 13.3 Å². The Morgan fingerprint density at radius 2 is 2.05 bits per heavy atom. The summed E-state index contributed by atoms with van der Waals surface area (Å²) in [5.74, 6) is 0.608. The molecule has 1 N–H and O–H groups in total. The van der Waals surface area contributed by atoms with Crippen molar-refractivity contribution in [2.24, 2.45) is 0 Å². The number of hydrogen-bond acceptors (Lipinski definition) is 5. The van der Waals surface area contributed by atoms with Crippen molar-refractivity contribution in [1.29, 1.82) is 0 Å². The zero-order valence-corrected chi connectivity index (χ0v) is 11.7. The Balaban J connectivity index is 2.02. The Morgan fingerprint density at radius 1 is 1.30 bits per heavy atom. The van der Waals surface area contributed by atoms with E-state index >= 15 is 0 Å². The Bertz CT molecular complexity index is 528. The third kappa shape index (κ3) is 2.24. The maximum Gasteiger partial charge on any atom is 0.168 e. The molecule has 3 rings (SSSR count). The summed E-state index contributed by atoms with van der Waals surface area (Å²) in [4.78, 5) is 20.4. The SMILES string of the molecule is CCN1CCC(=O)c2cc(F)c(N3CCNCC3)nc21. The lowest BCUT2D eigenvalue weighted by Crippen LogP contribution is -2.44. The molecule has 1 aromatic heterocycles. The summed E-state index contributed by atoms with van der Waals surface area (Å²) in [6.07, 6.45) is 0.439. The second kappa shape index (κ2) is 5.36. The van der Waals surface area contributed by atoms with Gasteiger partial charge in [0.2, 0.25) is 0 Å². The van der Waals surface area contributed by atoms with Gasteiger partial charge in [-0.25, -0.2) is 9.37 Å². The molecule has 0 unspecified atom stereocenters. The van der Waals surface area contributed by atoms with Gasteiger partial charge in [-0.15, -0.1) is 0 Å². The first-order valence-corrected chi connectivity index (χ1v) is 7.15. The summed E-state index contributed by atoms with van der Waals surface area (Å²) < 4.78 is 14.3. The Hall–Kier alpha value is -1.69. The third-order valence-electron chi connectivity index (χ3n) is 3.94. The fourth-order valence-electron chi connectivity index (χ4n) is 2.80. The van der Waals surface area contributed by atoms with E-state index in [1.54, 1.807) is 0 Å². The van der Waals surface area contributed by atoms with Gasteiger partial charge in [0, 0.05) is 45.7 Å². The van der Waals surface area contributed by atoms with Crippen molar-refractivity contribution in [3.63, 3.8) is 0 Å². The van der Waals surface area contributed by atoms with Crippen LogP contribution in [0.1, 0.15) is 23.7 Å². The highest BCUT2D eigenvalue weighted by Gasteiger charge is 2.27. The van der Waals surface area contributed by atoms with Crippen LogP contribution in [0.15, 0.2) is 6.07 Å². The highest BCUT2D eigenvalue weighted by atomic mass is 19.1. The molecule has 108 valence electrons. The average Bonchev–Trinajstić information content (AvgIpc) is 2.49. The van der Waals surface area contributed by atoms with Gasteiger partial charge in [0.15, 0.2) is 17.4 Å². The summed E-state index contributed by atoms with van der Waals surface area (Å²) in [5, 5.41) is 3.24. The van der Waals surface area contributed by atoms with Crippen LogP contribution in [0.5, 0.6) is 0 Å². The second-order valence-corrected chi connectivity index (χ2v) is 5.15. The molecular formula is C14H19FN4O. The van der Waals surface area contributed by atoms with E-state index in [2.05, 4.69) is 10.3 Å². The molecule has 1 aromatic rings. The molecule has 0 saturated carbocycles. The lowest BCUT2D eigenvalue weighted by molar-refractivity contribution is 0.0979. The number of halogens is 1. The maximum atomic E-state index is 14.3. The van der Waals surface area contributed by atoms with Crippen molar-refractivity contribution >= 4 is 17.4 Å². The van der Waals surface area contributed by atoms with E-state index in [4.69, 9.17) is 0 Å². The van der Waals surface area contributed by atoms with Crippen LogP contribution >= 0.6 is 0 Å². The van der Waals surface area contributed by atoms with Crippen LogP contribution < -0.4 is 15.1 Å². The largest absolute Gasteiger partial charge is 0.356 e. The van der Waals surface area contributed by atoms with Crippen LogP contribution in [-0.2, 0) is 0 Å². The molecule has 2 aliphatic rings. The number of carbonyl (C=O) groups excluding carboxylic acids is 1. The molecule has 6 heteroatoms. The summed E-state index contributed by atoms with van der Waals surface area (Å²) >= 11 is 0. The van der Waals surface area contributed by atoms with Crippen LogP contribution in [0.3, 0.4) is 0 Å². The van der Waals surface area contributed by atoms with Crippen molar-refractivity contribution < 1.29 is 9.18 Å². The highest BCUT2D eigenvalue weighted by molar-refractivity contribution is 6.02. The summed E-state index contributed by atoms with van der Waals surface area (Å²) in [5.41, 5.74) is 0.425. The molecule has 0 radical (unpaired) electrons. The maximum absolute atomic E-state index is 14.3. The number of fused-ring (bicyclic) bond motifs is 1. The summed E-state index contributed by atoms with van der Waals surface area (Å²) in [7, 11) is 0. The Labute approximate surface area is 117 Å². The van der Waals surface area contributed by atoms with E-state index in [1.807, 2.05) is 16.7 Å². The van der Waals surface area contributed by atoms with Gasteiger partial charge < -0.3 is 15.1 Å². The summed E-state index contributed by atoms with van der Waals surface area (Å²) in [6.45, 7) is 6.60. The fourth-order valence-corrected chi connectivity index (χ4v) is 2.80. The molecule has 20 heavy (non-hydrogen) atoms. The van der Waals surface area contributed by atoms with E-state index in [-0.39, 0.29) is 5.78 Å². The van der Waals surface area contributed by atoms with Gasteiger partial charge in [-0.2, -0.15) is 0 Å². The molecule has 0 atom stereocenters. The van der Waals surface area contributed by atoms with E-state index < -0.39 is 5.82 Å². The number of nitrogens with one attached hydrogen (secondary N) is 1. The lowest BCUT2D eigenvalue weighted by Gasteiger charge is -2.32. The topological polar surface area (TPSA) is 48.5 Å². The predicted octanol–water partition coefficient (Wildman–Crippen LogP) is 1.04. The number of anilines is 2. The number of ketones is 1. The molecule has 0 amide bonds. The molecule has 0 bridgehead atoms. The first kappa shape index (κ1) is 13.3. The van der Waals surface area contributed by atoms with Gasteiger partial charge in [-0.1, -0.05) is 0 Å². The van der Waals surface area contributed by atoms with Crippen LogP contribution in [0, 0.1) is 5.82 Å². The van der Waals surface area contributed by atoms with Crippen LogP contribution in [0.25, 0.3) is 0 Å². The minimum Gasteiger partial charge on any atom is -0.356 e. The monoisotopic (exact) mass is 278 g/mol. The van der Waals surface area contributed by atoms with Crippen molar-refractivity contribution in [3.8, 4) is 0 Å². The van der Waals surface area contributed by atoms with Gasteiger partial charge in [-0.3, -0.25) is 4.79 Å². The van der Waals surface area contributed by atoms with Crippen LogP contribution in [0.2, 0.25) is 0 Å². The number of nitrogens with zero attached hydrogens (tertiary/aromatic N) is 3. The zero-order chi connectivity index (χ0) is 14.1. The van der Waals surface area contributed by atoms with E-state index in [0.717, 1.165) is 32.7 Å². The fraction of sp³-hybridized carbons (Fsp3) is 0.571. The molecule has 1 saturated heterocycles. The minimum atomic E-state index is -0.392. The highest BCUT2D eigenvalue weighted by Crippen LogP contribution is 2.30. The Kier molecular flexibility index (Phi) is 3.56. The molecule has 5 nitrogen and oxygen atoms in total. The number of piperazine rings is 1. The lowest BCUT2D eigenvalue weighted by atomic mass is 10.0. The van der Waals surface area contributed by atoms with E-state index in [1.165, 1.54) is 6.07 Å². The number of aromatic nitrogens is 1. The summed E-state index contributed by atoms with van der Waals surface area (Å²) in [6, 6.07) is 1.36. The zero-order valence-electron chi connectivity index (χ0n) is 11.7. The van der Waals surface area contributed by atoms with Gasteiger partial charge in [0.1, 0.15) is 5.82 Å². The molecule has 1 fully saturated rings. The van der Waals surface area contributed by atoms with Crippen molar-refractivity contribution in [3.05, 3.63) is 17.4 Å². The first-order chi connectivity index (χ1) is 9.70. The first-order valence-electron chi connectivity index (χ1n) is 7.15.